The van der Waals surface area contributed by atoms with Gasteiger partial charge >= 0.3 is 5.97 Å². The molecule has 6 heteroatoms. The SMILES string of the molecule is CCCCCCCCC/C=C\CCCCCCCC(=O)OCCCCCCCCCCCCCC/C=C\CCCCCCCCCCCCC(=O)NC(CO)C(O)CCCCCCCCCCCCCCCCCCC. The zero-order valence-electron chi connectivity index (χ0n) is 51.5. The standard InChI is InChI=1S/C70H135NO5/c1-3-5-7-9-11-13-15-17-19-31-34-38-42-46-50-54-58-62-68(73)67(66-72)71-69(74)63-59-55-51-47-43-39-35-32-29-27-25-23-21-22-24-26-28-30-33-37-41-45-49-53-57-61-65-76-70(75)64-60-56-52-48-44-40-36-20-18-16-14-12-10-8-6-4-2/h20-21,23,36,67-68,72-73H,3-19,22,24-35,37-66H2,1-2H3,(H,71,74)/b23-21-,36-20-. The Morgan fingerprint density at radius 3 is 0.934 bits per heavy atom. The van der Waals surface area contributed by atoms with Crippen LogP contribution in [-0.4, -0.2) is 47.4 Å². The van der Waals surface area contributed by atoms with Crippen molar-refractivity contribution in [2.75, 3.05) is 13.2 Å². The van der Waals surface area contributed by atoms with Crippen LogP contribution in [0.1, 0.15) is 386 Å². The predicted octanol–water partition coefficient (Wildman–Crippen LogP) is 22.1. The van der Waals surface area contributed by atoms with E-state index >= 15 is 0 Å². The molecule has 0 aliphatic carbocycles. The summed E-state index contributed by atoms with van der Waals surface area (Å²) in [6.07, 6.45) is 82.1. The summed E-state index contributed by atoms with van der Waals surface area (Å²) >= 11 is 0. The zero-order valence-corrected chi connectivity index (χ0v) is 51.5. The van der Waals surface area contributed by atoms with E-state index in [4.69, 9.17) is 4.74 Å². The molecule has 3 N–H and O–H groups in total. The molecule has 0 aliphatic heterocycles. The molecule has 2 atom stereocenters. The topological polar surface area (TPSA) is 95.9 Å². The van der Waals surface area contributed by atoms with E-state index in [0.717, 1.165) is 44.9 Å². The van der Waals surface area contributed by atoms with Crippen LogP contribution < -0.4 is 5.32 Å². The lowest BCUT2D eigenvalue weighted by Gasteiger charge is -2.22. The second-order valence-corrected chi connectivity index (χ2v) is 23.9. The minimum atomic E-state index is -0.666. The molecule has 1 amide bonds. The van der Waals surface area contributed by atoms with Crippen molar-refractivity contribution in [2.45, 2.75) is 398 Å². The largest absolute Gasteiger partial charge is 0.466 e. The third-order valence-electron chi connectivity index (χ3n) is 16.2. The lowest BCUT2D eigenvalue weighted by molar-refractivity contribution is -0.143. The number of esters is 1. The van der Waals surface area contributed by atoms with Crippen molar-refractivity contribution in [1.82, 2.24) is 5.32 Å². The monoisotopic (exact) mass is 1070 g/mol. The Hall–Kier alpha value is -1.66. The molecule has 0 spiro atoms. The molecule has 0 bridgehead atoms. The number of aliphatic hydroxyl groups excluding tert-OH is 2. The lowest BCUT2D eigenvalue weighted by Crippen LogP contribution is -2.45. The normalized spacial score (nSPS) is 12.6. The first-order chi connectivity index (χ1) is 37.5. The molecule has 0 aromatic heterocycles. The van der Waals surface area contributed by atoms with Crippen LogP contribution in [0.5, 0.6) is 0 Å². The first-order valence-corrected chi connectivity index (χ1v) is 34.6. The molecule has 0 rings (SSSR count). The molecule has 450 valence electrons. The summed E-state index contributed by atoms with van der Waals surface area (Å²) in [6.45, 7) is 4.98. The molecular weight excluding hydrogens is 935 g/mol. The second kappa shape index (κ2) is 65.9. The highest BCUT2D eigenvalue weighted by atomic mass is 16.5. The average molecular weight is 1070 g/mol. The Morgan fingerprint density at radius 2 is 0.618 bits per heavy atom. The maximum absolute atomic E-state index is 12.5. The number of nitrogens with one attached hydrogen (secondary N) is 1. The third kappa shape index (κ3) is 61.6. The van der Waals surface area contributed by atoms with Gasteiger partial charge in [-0.2, -0.15) is 0 Å². The molecule has 0 fully saturated rings. The smallest absolute Gasteiger partial charge is 0.305 e. The Bertz CT molecular complexity index is 1190. The summed E-state index contributed by atoms with van der Waals surface area (Å²) in [5.41, 5.74) is 0. The van der Waals surface area contributed by atoms with Gasteiger partial charge in [0.2, 0.25) is 5.91 Å². The number of carbonyl (C=O) groups excluding carboxylic acids is 2. The Labute approximate surface area is 475 Å². The molecule has 0 saturated heterocycles. The van der Waals surface area contributed by atoms with Crippen molar-refractivity contribution in [3.05, 3.63) is 24.3 Å². The van der Waals surface area contributed by atoms with Crippen molar-refractivity contribution < 1.29 is 24.5 Å². The predicted molar refractivity (Wildman–Crippen MR) is 333 cm³/mol. The zero-order chi connectivity index (χ0) is 55.0. The summed E-state index contributed by atoms with van der Waals surface area (Å²) in [7, 11) is 0. The number of allylic oxidation sites excluding steroid dienone is 4. The quantitative estimate of drug-likeness (QED) is 0.0320. The van der Waals surface area contributed by atoms with Crippen LogP contribution in [0.2, 0.25) is 0 Å². The highest BCUT2D eigenvalue weighted by Crippen LogP contribution is 2.18. The van der Waals surface area contributed by atoms with Crippen LogP contribution in [0.4, 0.5) is 0 Å². The number of unbranched alkanes of at least 4 members (excludes halogenated alkanes) is 50. The maximum Gasteiger partial charge on any atom is 0.305 e. The minimum absolute atomic E-state index is 0.00765. The van der Waals surface area contributed by atoms with E-state index in [-0.39, 0.29) is 18.5 Å². The average Bonchev–Trinajstić information content (AvgIpc) is 3.42. The van der Waals surface area contributed by atoms with Gasteiger partial charge in [0.05, 0.1) is 25.4 Å². The van der Waals surface area contributed by atoms with Crippen molar-refractivity contribution in [3.8, 4) is 0 Å². The summed E-state index contributed by atoms with van der Waals surface area (Å²) in [6, 6.07) is -0.543. The van der Waals surface area contributed by atoms with E-state index in [1.807, 2.05) is 0 Å². The summed E-state index contributed by atoms with van der Waals surface area (Å²) in [5, 5.41) is 23.4. The molecule has 0 heterocycles. The molecule has 0 radical (unpaired) electrons. The van der Waals surface area contributed by atoms with Crippen molar-refractivity contribution in [3.63, 3.8) is 0 Å². The van der Waals surface area contributed by atoms with Crippen LogP contribution in [0.15, 0.2) is 24.3 Å². The highest BCUT2D eigenvalue weighted by Gasteiger charge is 2.20. The Kier molecular flexibility index (Phi) is 64.4. The highest BCUT2D eigenvalue weighted by molar-refractivity contribution is 5.76. The lowest BCUT2D eigenvalue weighted by atomic mass is 10.0. The molecular formula is C70H135NO5. The van der Waals surface area contributed by atoms with E-state index in [0.29, 0.717) is 25.9 Å². The van der Waals surface area contributed by atoms with E-state index in [9.17, 15) is 19.8 Å². The molecule has 0 saturated carbocycles. The van der Waals surface area contributed by atoms with Crippen molar-refractivity contribution in [2.24, 2.45) is 0 Å². The number of carbonyl (C=O) groups is 2. The van der Waals surface area contributed by atoms with Gasteiger partial charge in [-0.1, -0.05) is 321 Å². The van der Waals surface area contributed by atoms with Gasteiger partial charge in [0.15, 0.2) is 0 Å². The third-order valence-corrected chi connectivity index (χ3v) is 16.2. The van der Waals surface area contributed by atoms with Gasteiger partial charge < -0.3 is 20.3 Å². The molecule has 0 aromatic carbocycles. The van der Waals surface area contributed by atoms with E-state index < -0.39 is 12.1 Å². The van der Waals surface area contributed by atoms with Gasteiger partial charge in [0.25, 0.3) is 0 Å². The van der Waals surface area contributed by atoms with Crippen LogP contribution in [0, 0.1) is 0 Å². The molecule has 6 nitrogen and oxygen atoms in total. The van der Waals surface area contributed by atoms with Crippen molar-refractivity contribution >= 4 is 11.9 Å². The number of rotatable bonds is 65. The fourth-order valence-corrected chi connectivity index (χ4v) is 10.9. The number of aliphatic hydroxyl groups is 2. The van der Waals surface area contributed by atoms with Crippen LogP contribution >= 0.6 is 0 Å². The van der Waals surface area contributed by atoms with Crippen molar-refractivity contribution in [1.29, 1.82) is 0 Å². The Balaban J connectivity index is 3.38. The summed E-state index contributed by atoms with van der Waals surface area (Å²) in [4.78, 5) is 24.6. The number of ether oxygens (including phenoxy) is 1. The molecule has 76 heavy (non-hydrogen) atoms. The summed E-state index contributed by atoms with van der Waals surface area (Å²) in [5.74, 6) is -0.0260. The first-order valence-electron chi connectivity index (χ1n) is 34.6. The second-order valence-electron chi connectivity index (χ2n) is 23.9. The Morgan fingerprint density at radius 1 is 0.355 bits per heavy atom. The van der Waals surface area contributed by atoms with Crippen LogP contribution in [0.25, 0.3) is 0 Å². The maximum atomic E-state index is 12.5. The molecule has 0 aliphatic rings. The number of hydrogen-bond donors (Lipinski definition) is 3. The fraction of sp³-hybridized carbons (Fsp3) is 0.914. The molecule has 2 unspecified atom stereocenters. The minimum Gasteiger partial charge on any atom is -0.466 e. The number of amides is 1. The van der Waals surface area contributed by atoms with Gasteiger partial charge in [0, 0.05) is 12.8 Å². The van der Waals surface area contributed by atoms with E-state index in [2.05, 4.69) is 43.5 Å². The van der Waals surface area contributed by atoms with E-state index in [1.54, 1.807) is 0 Å². The van der Waals surface area contributed by atoms with Gasteiger partial charge in [-0.05, 0) is 77.0 Å². The summed E-state index contributed by atoms with van der Waals surface area (Å²) < 4.78 is 5.49. The van der Waals surface area contributed by atoms with Gasteiger partial charge in [-0.25, -0.2) is 0 Å². The first kappa shape index (κ1) is 74.3. The van der Waals surface area contributed by atoms with Gasteiger partial charge in [-0.3, -0.25) is 9.59 Å². The molecule has 0 aromatic rings. The van der Waals surface area contributed by atoms with Crippen LogP contribution in [0.3, 0.4) is 0 Å². The number of hydrogen-bond acceptors (Lipinski definition) is 5. The van der Waals surface area contributed by atoms with Gasteiger partial charge in [-0.15, -0.1) is 0 Å². The van der Waals surface area contributed by atoms with Gasteiger partial charge in [0.1, 0.15) is 0 Å². The van der Waals surface area contributed by atoms with Crippen LogP contribution in [-0.2, 0) is 14.3 Å². The fourth-order valence-electron chi connectivity index (χ4n) is 10.9. The van der Waals surface area contributed by atoms with E-state index in [1.165, 1.54) is 308 Å².